The van der Waals surface area contributed by atoms with Crippen LogP contribution in [0.15, 0.2) is 40.8 Å². The number of fused-ring (bicyclic) bond motifs is 1. The summed E-state index contributed by atoms with van der Waals surface area (Å²) in [5, 5.41) is 3.97. The molecule has 0 spiro atoms. The van der Waals surface area contributed by atoms with Crippen LogP contribution in [0.1, 0.15) is 39.7 Å². The van der Waals surface area contributed by atoms with E-state index in [1.165, 1.54) is 5.56 Å². The third-order valence-corrected chi connectivity index (χ3v) is 4.47. The fourth-order valence-electron chi connectivity index (χ4n) is 2.77. The van der Waals surface area contributed by atoms with E-state index in [-0.39, 0.29) is 5.91 Å². The smallest absolute Gasteiger partial charge is 0.291 e. The molecule has 3 heteroatoms. The summed E-state index contributed by atoms with van der Waals surface area (Å²) in [6.07, 6.45) is 0.963. The molecule has 0 atom stereocenters. The summed E-state index contributed by atoms with van der Waals surface area (Å²) in [5.74, 6) is 0.180. The van der Waals surface area contributed by atoms with Gasteiger partial charge < -0.3 is 9.73 Å². The van der Waals surface area contributed by atoms with Crippen molar-refractivity contribution in [3.63, 3.8) is 0 Å². The zero-order valence-electron chi connectivity index (χ0n) is 14.0. The zero-order chi connectivity index (χ0) is 16.6. The van der Waals surface area contributed by atoms with Crippen LogP contribution in [0.25, 0.3) is 11.0 Å². The number of anilines is 1. The fraction of sp³-hybridized carbons (Fsp3) is 0.250. The van der Waals surface area contributed by atoms with E-state index in [2.05, 4.69) is 18.3 Å². The number of carbonyl (C=O) groups is 1. The van der Waals surface area contributed by atoms with Crippen molar-refractivity contribution >= 4 is 22.6 Å². The maximum absolute atomic E-state index is 12.6. The fourth-order valence-corrected chi connectivity index (χ4v) is 2.77. The summed E-state index contributed by atoms with van der Waals surface area (Å²) in [7, 11) is 0. The van der Waals surface area contributed by atoms with Gasteiger partial charge in [0, 0.05) is 16.6 Å². The minimum atomic E-state index is -0.203. The van der Waals surface area contributed by atoms with Crippen LogP contribution in [0.5, 0.6) is 0 Å². The first-order chi connectivity index (χ1) is 11.0. The van der Waals surface area contributed by atoms with Crippen LogP contribution in [0.2, 0.25) is 0 Å². The van der Waals surface area contributed by atoms with Gasteiger partial charge in [-0.05, 0) is 62.1 Å². The molecule has 3 rings (SSSR count). The molecule has 23 heavy (non-hydrogen) atoms. The van der Waals surface area contributed by atoms with E-state index in [1.807, 2.05) is 51.1 Å². The lowest BCUT2D eigenvalue weighted by Crippen LogP contribution is -2.13. The standard InChI is InChI=1S/C20H21NO2/c1-5-15-9-10-18-16(11-15)14(4)19(23-18)20(22)21-17-8-6-7-12(2)13(17)3/h6-11H,5H2,1-4H3,(H,21,22). The second-order valence-corrected chi connectivity index (χ2v) is 5.94. The Kier molecular flexibility index (Phi) is 3.95. The highest BCUT2D eigenvalue weighted by molar-refractivity contribution is 6.06. The van der Waals surface area contributed by atoms with E-state index < -0.39 is 0 Å². The lowest BCUT2D eigenvalue weighted by Gasteiger charge is -2.09. The predicted molar refractivity (Wildman–Crippen MR) is 94.2 cm³/mol. The van der Waals surface area contributed by atoms with Crippen LogP contribution in [0.3, 0.4) is 0 Å². The summed E-state index contributed by atoms with van der Waals surface area (Å²) in [6.45, 7) is 8.08. The van der Waals surface area contributed by atoms with Crippen LogP contribution in [-0.2, 0) is 6.42 Å². The molecule has 1 heterocycles. The van der Waals surface area contributed by atoms with Gasteiger partial charge in [-0.25, -0.2) is 0 Å². The van der Waals surface area contributed by atoms with Gasteiger partial charge in [0.05, 0.1) is 0 Å². The van der Waals surface area contributed by atoms with Gasteiger partial charge in [0.25, 0.3) is 5.91 Å². The van der Waals surface area contributed by atoms with E-state index >= 15 is 0 Å². The van der Waals surface area contributed by atoms with Crippen molar-refractivity contribution < 1.29 is 9.21 Å². The SMILES string of the molecule is CCc1ccc2oc(C(=O)Nc3cccc(C)c3C)c(C)c2c1. The molecule has 0 unspecified atom stereocenters. The van der Waals surface area contributed by atoms with Gasteiger partial charge in [-0.1, -0.05) is 25.1 Å². The van der Waals surface area contributed by atoms with Gasteiger partial charge in [-0.2, -0.15) is 0 Å². The number of carbonyl (C=O) groups excluding carboxylic acids is 1. The van der Waals surface area contributed by atoms with Crippen LogP contribution in [-0.4, -0.2) is 5.91 Å². The summed E-state index contributed by atoms with van der Waals surface area (Å²) in [5.41, 5.74) is 5.93. The van der Waals surface area contributed by atoms with Crippen molar-refractivity contribution in [2.24, 2.45) is 0 Å². The van der Waals surface area contributed by atoms with E-state index in [0.29, 0.717) is 5.76 Å². The summed E-state index contributed by atoms with van der Waals surface area (Å²) < 4.78 is 5.79. The summed E-state index contributed by atoms with van der Waals surface area (Å²) in [6, 6.07) is 12.0. The number of aryl methyl sites for hydroxylation is 3. The first-order valence-electron chi connectivity index (χ1n) is 7.91. The number of furan rings is 1. The highest BCUT2D eigenvalue weighted by Crippen LogP contribution is 2.28. The molecule has 1 aromatic heterocycles. The maximum atomic E-state index is 12.6. The quantitative estimate of drug-likeness (QED) is 0.725. The van der Waals surface area contributed by atoms with E-state index in [4.69, 9.17) is 4.42 Å². The third kappa shape index (κ3) is 2.74. The Hall–Kier alpha value is -2.55. The Morgan fingerprint density at radius 2 is 1.87 bits per heavy atom. The molecule has 1 amide bonds. The van der Waals surface area contributed by atoms with Crippen LogP contribution < -0.4 is 5.32 Å². The zero-order valence-corrected chi connectivity index (χ0v) is 14.0. The Morgan fingerprint density at radius 1 is 1.09 bits per heavy atom. The number of benzene rings is 2. The minimum Gasteiger partial charge on any atom is -0.451 e. The molecular formula is C20H21NO2. The van der Waals surface area contributed by atoms with Crippen LogP contribution >= 0.6 is 0 Å². The molecule has 0 fully saturated rings. The van der Waals surface area contributed by atoms with Crippen molar-refractivity contribution in [3.8, 4) is 0 Å². The second kappa shape index (κ2) is 5.92. The molecule has 3 nitrogen and oxygen atoms in total. The van der Waals surface area contributed by atoms with Crippen molar-refractivity contribution in [2.75, 3.05) is 5.32 Å². The molecule has 0 radical (unpaired) electrons. The lowest BCUT2D eigenvalue weighted by molar-refractivity contribution is 0.0998. The second-order valence-electron chi connectivity index (χ2n) is 5.94. The molecule has 3 aromatic rings. The Morgan fingerprint density at radius 3 is 2.61 bits per heavy atom. The highest BCUT2D eigenvalue weighted by atomic mass is 16.3. The molecule has 0 aliphatic carbocycles. The number of rotatable bonds is 3. The van der Waals surface area contributed by atoms with Gasteiger partial charge in [-0.3, -0.25) is 4.79 Å². The van der Waals surface area contributed by atoms with Gasteiger partial charge in [0.15, 0.2) is 5.76 Å². The van der Waals surface area contributed by atoms with Gasteiger partial charge in [0.1, 0.15) is 5.58 Å². The third-order valence-electron chi connectivity index (χ3n) is 4.47. The van der Waals surface area contributed by atoms with E-state index in [1.54, 1.807) is 0 Å². The van der Waals surface area contributed by atoms with Crippen molar-refractivity contribution in [1.29, 1.82) is 0 Å². The van der Waals surface area contributed by atoms with Crippen LogP contribution in [0.4, 0.5) is 5.69 Å². The minimum absolute atomic E-state index is 0.203. The molecule has 0 aliphatic rings. The monoisotopic (exact) mass is 307 g/mol. The van der Waals surface area contributed by atoms with Crippen LogP contribution in [0, 0.1) is 20.8 Å². The molecule has 0 saturated heterocycles. The number of hydrogen-bond donors (Lipinski definition) is 1. The molecule has 118 valence electrons. The van der Waals surface area contributed by atoms with Crippen molar-refractivity contribution in [3.05, 3.63) is 64.4 Å². The molecule has 0 aliphatic heterocycles. The van der Waals surface area contributed by atoms with Crippen molar-refractivity contribution in [2.45, 2.75) is 34.1 Å². The normalized spacial score (nSPS) is 11.0. The van der Waals surface area contributed by atoms with Gasteiger partial charge >= 0.3 is 0 Å². The number of hydrogen-bond acceptors (Lipinski definition) is 2. The maximum Gasteiger partial charge on any atom is 0.291 e. The average Bonchev–Trinajstić information content (AvgIpc) is 2.88. The Bertz CT molecular complexity index is 890. The molecule has 0 saturated carbocycles. The molecule has 1 N–H and O–H groups in total. The highest BCUT2D eigenvalue weighted by Gasteiger charge is 2.18. The summed E-state index contributed by atoms with van der Waals surface area (Å²) in [4.78, 5) is 12.6. The average molecular weight is 307 g/mol. The number of nitrogens with one attached hydrogen (secondary N) is 1. The largest absolute Gasteiger partial charge is 0.451 e. The Balaban J connectivity index is 1.98. The molecule has 0 bridgehead atoms. The first-order valence-corrected chi connectivity index (χ1v) is 7.91. The van der Waals surface area contributed by atoms with Gasteiger partial charge in [-0.15, -0.1) is 0 Å². The first kappa shape index (κ1) is 15.3. The van der Waals surface area contributed by atoms with E-state index in [0.717, 1.165) is 39.8 Å². The lowest BCUT2D eigenvalue weighted by atomic mass is 10.1. The topological polar surface area (TPSA) is 42.2 Å². The molecule has 2 aromatic carbocycles. The predicted octanol–water partition coefficient (Wildman–Crippen LogP) is 5.17. The van der Waals surface area contributed by atoms with Gasteiger partial charge in [0.2, 0.25) is 0 Å². The summed E-state index contributed by atoms with van der Waals surface area (Å²) >= 11 is 0. The van der Waals surface area contributed by atoms with E-state index in [9.17, 15) is 4.79 Å². The molecular weight excluding hydrogens is 286 g/mol. The number of amides is 1. The van der Waals surface area contributed by atoms with Crippen molar-refractivity contribution in [1.82, 2.24) is 0 Å². The Labute approximate surface area is 136 Å².